The topological polar surface area (TPSA) is 35.5 Å². The molecular formula is C10H20O3. The molecule has 78 valence electrons. The summed E-state index contributed by atoms with van der Waals surface area (Å²) in [5.74, 6) is -0.323. The Morgan fingerprint density at radius 3 is 2.38 bits per heavy atom. The smallest absolute Gasteiger partial charge is 0.310 e. The summed E-state index contributed by atoms with van der Waals surface area (Å²) in [6.07, 6.45) is 1.03. The largest absolute Gasteiger partial charge is 0.465 e. The maximum absolute atomic E-state index is 11.2. The van der Waals surface area contributed by atoms with Crippen molar-refractivity contribution in [1.82, 2.24) is 0 Å². The van der Waals surface area contributed by atoms with Gasteiger partial charge in [-0.15, -0.1) is 0 Å². The minimum absolute atomic E-state index is 0.158. The molecule has 3 nitrogen and oxygen atoms in total. The molecule has 0 saturated heterocycles. The van der Waals surface area contributed by atoms with E-state index in [4.69, 9.17) is 9.47 Å². The maximum atomic E-state index is 11.2. The molecule has 13 heavy (non-hydrogen) atoms. The normalized spacial score (nSPS) is 13.0. The SMILES string of the molecule is CCCOC(=O)C(C)COC(C)C. The third kappa shape index (κ3) is 6.58. The van der Waals surface area contributed by atoms with Gasteiger partial charge < -0.3 is 9.47 Å². The first kappa shape index (κ1) is 12.4. The van der Waals surface area contributed by atoms with Crippen LogP contribution in [0, 0.1) is 5.92 Å². The van der Waals surface area contributed by atoms with Gasteiger partial charge in [0.05, 0.1) is 25.2 Å². The summed E-state index contributed by atoms with van der Waals surface area (Å²) in [4.78, 5) is 11.2. The van der Waals surface area contributed by atoms with E-state index in [0.29, 0.717) is 13.2 Å². The van der Waals surface area contributed by atoms with Gasteiger partial charge >= 0.3 is 5.97 Å². The molecule has 0 N–H and O–H groups in total. The van der Waals surface area contributed by atoms with E-state index in [1.54, 1.807) is 0 Å². The number of carbonyl (C=O) groups excluding carboxylic acids is 1. The van der Waals surface area contributed by atoms with Crippen molar-refractivity contribution in [3.8, 4) is 0 Å². The Balaban J connectivity index is 3.57. The molecule has 0 amide bonds. The quantitative estimate of drug-likeness (QED) is 0.598. The summed E-state index contributed by atoms with van der Waals surface area (Å²) >= 11 is 0. The van der Waals surface area contributed by atoms with E-state index in [9.17, 15) is 4.79 Å². The number of carbonyl (C=O) groups is 1. The van der Waals surface area contributed by atoms with E-state index in [-0.39, 0.29) is 18.0 Å². The molecule has 0 aliphatic carbocycles. The summed E-state index contributed by atoms with van der Waals surface area (Å²) in [6.45, 7) is 8.64. The molecule has 0 aliphatic rings. The van der Waals surface area contributed by atoms with Crippen LogP contribution in [0.4, 0.5) is 0 Å². The molecule has 0 heterocycles. The minimum atomic E-state index is -0.164. The van der Waals surface area contributed by atoms with E-state index in [1.165, 1.54) is 0 Å². The van der Waals surface area contributed by atoms with Gasteiger partial charge in [-0.1, -0.05) is 6.92 Å². The summed E-state index contributed by atoms with van der Waals surface area (Å²) in [7, 11) is 0. The van der Waals surface area contributed by atoms with E-state index in [0.717, 1.165) is 6.42 Å². The minimum Gasteiger partial charge on any atom is -0.465 e. The van der Waals surface area contributed by atoms with Crippen LogP contribution < -0.4 is 0 Å². The zero-order valence-corrected chi connectivity index (χ0v) is 9.00. The average Bonchev–Trinajstić information content (AvgIpc) is 2.10. The fraction of sp³-hybridized carbons (Fsp3) is 0.900. The predicted molar refractivity (Wildman–Crippen MR) is 51.5 cm³/mol. The lowest BCUT2D eigenvalue weighted by Crippen LogP contribution is -2.21. The molecule has 1 unspecified atom stereocenters. The Bertz CT molecular complexity index is 143. The van der Waals surface area contributed by atoms with Gasteiger partial charge in [0.15, 0.2) is 0 Å². The van der Waals surface area contributed by atoms with Crippen LogP contribution in [-0.2, 0) is 14.3 Å². The van der Waals surface area contributed by atoms with Crippen molar-refractivity contribution < 1.29 is 14.3 Å². The van der Waals surface area contributed by atoms with E-state index >= 15 is 0 Å². The molecule has 1 atom stereocenters. The Kier molecular flexibility index (Phi) is 6.59. The monoisotopic (exact) mass is 188 g/mol. The highest BCUT2D eigenvalue weighted by molar-refractivity contribution is 5.72. The van der Waals surface area contributed by atoms with Crippen LogP contribution in [0.1, 0.15) is 34.1 Å². The van der Waals surface area contributed by atoms with E-state index in [1.807, 2.05) is 27.7 Å². The number of hydrogen-bond acceptors (Lipinski definition) is 3. The second kappa shape index (κ2) is 6.89. The van der Waals surface area contributed by atoms with Crippen LogP contribution in [0.2, 0.25) is 0 Å². The van der Waals surface area contributed by atoms with Crippen molar-refractivity contribution in [3.05, 3.63) is 0 Å². The molecule has 0 saturated carbocycles. The van der Waals surface area contributed by atoms with Crippen molar-refractivity contribution in [2.45, 2.75) is 40.2 Å². The highest BCUT2D eigenvalue weighted by Gasteiger charge is 2.14. The van der Waals surface area contributed by atoms with Gasteiger partial charge in [0.1, 0.15) is 0 Å². The lowest BCUT2D eigenvalue weighted by atomic mass is 10.2. The van der Waals surface area contributed by atoms with Crippen LogP contribution in [0.3, 0.4) is 0 Å². The second-order valence-corrected chi connectivity index (χ2v) is 3.45. The van der Waals surface area contributed by atoms with Crippen LogP contribution in [-0.4, -0.2) is 25.3 Å². The van der Waals surface area contributed by atoms with Crippen LogP contribution >= 0.6 is 0 Å². The summed E-state index contributed by atoms with van der Waals surface area (Å²) in [6, 6.07) is 0. The van der Waals surface area contributed by atoms with Crippen molar-refractivity contribution in [2.24, 2.45) is 5.92 Å². The van der Waals surface area contributed by atoms with E-state index in [2.05, 4.69) is 0 Å². The van der Waals surface area contributed by atoms with Gasteiger partial charge in [0.25, 0.3) is 0 Å². The van der Waals surface area contributed by atoms with Crippen molar-refractivity contribution in [2.75, 3.05) is 13.2 Å². The van der Waals surface area contributed by atoms with Gasteiger partial charge in [-0.25, -0.2) is 0 Å². The number of hydrogen-bond donors (Lipinski definition) is 0. The van der Waals surface area contributed by atoms with Crippen LogP contribution in [0.5, 0.6) is 0 Å². The standard InChI is InChI=1S/C10H20O3/c1-5-6-12-10(11)9(4)7-13-8(2)3/h8-9H,5-7H2,1-4H3. The van der Waals surface area contributed by atoms with Crippen LogP contribution in [0.25, 0.3) is 0 Å². The number of rotatable bonds is 6. The molecule has 0 fully saturated rings. The van der Waals surface area contributed by atoms with Gasteiger partial charge in [0.2, 0.25) is 0 Å². The molecule has 0 aromatic carbocycles. The van der Waals surface area contributed by atoms with Gasteiger partial charge in [0, 0.05) is 0 Å². The molecule has 3 heteroatoms. The molecule has 0 radical (unpaired) electrons. The Labute approximate surface area is 80.4 Å². The first-order valence-electron chi connectivity index (χ1n) is 4.86. The van der Waals surface area contributed by atoms with Gasteiger partial charge in [-0.2, -0.15) is 0 Å². The zero-order chi connectivity index (χ0) is 10.3. The molecule has 0 spiro atoms. The first-order valence-corrected chi connectivity index (χ1v) is 4.86. The van der Waals surface area contributed by atoms with Gasteiger partial charge in [-0.05, 0) is 27.2 Å². The highest BCUT2D eigenvalue weighted by atomic mass is 16.5. The lowest BCUT2D eigenvalue weighted by molar-refractivity contribution is -0.150. The second-order valence-electron chi connectivity index (χ2n) is 3.45. The third-order valence-corrected chi connectivity index (χ3v) is 1.53. The van der Waals surface area contributed by atoms with Crippen LogP contribution in [0.15, 0.2) is 0 Å². The first-order chi connectivity index (χ1) is 6.07. The molecule has 0 bridgehead atoms. The molecule has 0 rings (SSSR count). The summed E-state index contributed by atoms with van der Waals surface area (Å²) < 4.78 is 10.3. The Hall–Kier alpha value is -0.570. The maximum Gasteiger partial charge on any atom is 0.310 e. The Morgan fingerprint density at radius 1 is 1.31 bits per heavy atom. The molecule has 0 aromatic heterocycles. The summed E-state index contributed by atoms with van der Waals surface area (Å²) in [5, 5.41) is 0. The zero-order valence-electron chi connectivity index (χ0n) is 9.00. The molecule has 0 aliphatic heterocycles. The van der Waals surface area contributed by atoms with Gasteiger partial charge in [-0.3, -0.25) is 4.79 Å². The highest BCUT2D eigenvalue weighted by Crippen LogP contribution is 2.02. The predicted octanol–water partition coefficient (Wildman–Crippen LogP) is 2.00. The van der Waals surface area contributed by atoms with Crippen molar-refractivity contribution in [1.29, 1.82) is 0 Å². The number of esters is 1. The molecule has 0 aromatic rings. The van der Waals surface area contributed by atoms with E-state index < -0.39 is 0 Å². The fourth-order valence-corrected chi connectivity index (χ4v) is 0.750. The Morgan fingerprint density at radius 2 is 1.92 bits per heavy atom. The third-order valence-electron chi connectivity index (χ3n) is 1.53. The lowest BCUT2D eigenvalue weighted by Gasteiger charge is -2.13. The number of ether oxygens (including phenoxy) is 2. The summed E-state index contributed by atoms with van der Waals surface area (Å²) in [5.41, 5.74) is 0. The average molecular weight is 188 g/mol. The fourth-order valence-electron chi connectivity index (χ4n) is 0.750. The molecular weight excluding hydrogens is 168 g/mol. The van der Waals surface area contributed by atoms with Crippen molar-refractivity contribution >= 4 is 5.97 Å². The van der Waals surface area contributed by atoms with Crippen molar-refractivity contribution in [3.63, 3.8) is 0 Å².